The summed E-state index contributed by atoms with van der Waals surface area (Å²) in [7, 11) is 0. The molecule has 0 heterocycles. The van der Waals surface area contributed by atoms with Crippen LogP contribution in [0.4, 0.5) is 0 Å². The van der Waals surface area contributed by atoms with E-state index in [2.05, 4.69) is 5.16 Å². The van der Waals surface area contributed by atoms with Gasteiger partial charge in [-0.05, 0) is 44.0 Å². The number of hydrogen-bond donors (Lipinski definition) is 1. The second-order valence-corrected chi connectivity index (χ2v) is 5.02. The van der Waals surface area contributed by atoms with Crippen LogP contribution in [0.25, 0.3) is 0 Å². The van der Waals surface area contributed by atoms with Crippen molar-refractivity contribution in [2.24, 2.45) is 10.9 Å². The van der Waals surface area contributed by atoms with Gasteiger partial charge in [-0.1, -0.05) is 41.1 Å². The second kappa shape index (κ2) is 6.22. The molecular weight excluding hydrogens is 264 g/mol. The predicted octanol–water partition coefficient (Wildman–Crippen LogP) is 3.09. The normalized spacial score (nSPS) is 11.3. The molecule has 108 valence electrons. The summed E-state index contributed by atoms with van der Waals surface area (Å²) in [5, 5.41) is 3.70. The molecule has 0 spiro atoms. The van der Waals surface area contributed by atoms with Crippen LogP contribution in [-0.2, 0) is 4.84 Å². The Balaban J connectivity index is 2.10. The van der Waals surface area contributed by atoms with Gasteiger partial charge >= 0.3 is 5.97 Å². The zero-order valence-corrected chi connectivity index (χ0v) is 12.4. The van der Waals surface area contributed by atoms with Gasteiger partial charge in [-0.15, -0.1) is 0 Å². The highest BCUT2D eigenvalue weighted by molar-refractivity contribution is 5.98. The van der Waals surface area contributed by atoms with E-state index in [1.54, 1.807) is 12.1 Å². The first kappa shape index (κ1) is 14.8. The molecule has 21 heavy (non-hydrogen) atoms. The lowest BCUT2D eigenvalue weighted by Gasteiger charge is -2.04. The van der Waals surface area contributed by atoms with E-state index in [1.165, 1.54) is 0 Å². The number of aryl methyl sites for hydroxylation is 3. The summed E-state index contributed by atoms with van der Waals surface area (Å²) in [6, 6.07) is 12.9. The Kier molecular flexibility index (Phi) is 4.38. The van der Waals surface area contributed by atoms with Gasteiger partial charge < -0.3 is 10.6 Å². The van der Waals surface area contributed by atoms with Gasteiger partial charge in [-0.25, -0.2) is 4.79 Å². The largest absolute Gasteiger partial charge is 0.380 e. The van der Waals surface area contributed by atoms with E-state index in [4.69, 9.17) is 10.6 Å². The van der Waals surface area contributed by atoms with Crippen LogP contribution >= 0.6 is 0 Å². The van der Waals surface area contributed by atoms with Crippen molar-refractivity contribution in [1.82, 2.24) is 0 Å². The minimum absolute atomic E-state index is 0.173. The van der Waals surface area contributed by atoms with Crippen molar-refractivity contribution in [3.63, 3.8) is 0 Å². The Morgan fingerprint density at radius 2 is 1.57 bits per heavy atom. The van der Waals surface area contributed by atoms with E-state index in [0.29, 0.717) is 11.1 Å². The number of rotatable bonds is 3. The zero-order valence-electron chi connectivity index (χ0n) is 12.4. The van der Waals surface area contributed by atoms with Gasteiger partial charge in [0.15, 0.2) is 5.84 Å². The maximum Gasteiger partial charge on any atom is 0.365 e. The fourth-order valence-corrected chi connectivity index (χ4v) is 1.79. The summed E-state index contributed by atoms with van der Waals surface area (Å²) in [6.45, 7) is 5.91. The first-order valence-corrected chi connectivity index (χ1v) is 6.66. The Labute approximate surface area is 124 Å². The molecule has 0 bridgehead atoms. The molecular formula is C17H18N2O2. The summed E-state index contributed by atoms with van der Waals surface area (Å²) >= 11 is 0. The summed E-state index contributed by atoms with van der Waals surface area (Å²) in [5.74, 6) is -0.347. The van der Waals surface area contributed by atoms with Gasteiger partial charge in [0, 0.05) is 5.56 Å². The van der Waals surface area contributed by atoms with Crippen LogP contribution in [0.3, 0.4) is 0 Å². The van der Waals surface area contributed by atoms with E-state index in [1.807, 2.05) is 51.1 Å². The number of nitrogens with two attached hydrogens (primary N) is 1. The summed E-state index contributed by atoms with van der Waals surface area (Å²) in [6.07, 6.45) is 0. The second-order valence-electron chi connectivity index (χ2n) is 5.02. The molecule has 2 N–H and O–H groups in total. The smallest absolute Gasteiger partial charge is 0.365 e. The van der Waals surface area contributed by atoms with Gasteiger partial charge in [-0.2, -0.15) is 0 Å². The Morgan fingerprint density at radius 1 is 0.952 bits per heavy atom. The topological polar surface area (TPSA) is 64.7 Å². The Bertz CT molecular complexity index is 688. The Morgan fingerprint density at radius 3 is 2.19 bits per heavy atom. The van der Waals surface area contributed by atoms with Crippen molar-refractivity contribution >= 4 is 11.8 Å². The van der Waals surface area contributed by atoms with E-state index < -0.39 is 5.97 Å². The van der Waals surface area contributed by atoms with Gasteiger partial charge in [0.1, 0.15) is 0 Å². The number of carbonyl (C=O) groups is 1. The van der Waals surface area contributed by atoms with Crippen molar-refractivity contribution in [1.29, 1.82) is 0 Å². The van der Waals surface area contributed by atoms with Gasteiger partial charge in [0.25, 0.3) is 0 Å². The number of benzene rings is 2. The molecule has 4 nitrogen and oxygen atoms in total. The maximum atomic E-state index is 11.9. The van der Waals surface area contributed by atoms with E-state index in [9.17, 15) is 4.79 Å². The molecule has 0 saturated heterocycles. The lowest BCUT2D eigenvalue weighted by Crippen LogP contribution is -2.15. The zero-order chi connectivity index (χ0) is 15.4. The van der Waals surface area contributed by atoms with Gasteiger partial charge in [0.05, 0.1) is 5.56 Å². The van der Waals surface area contributed by atoms with Crippen LogP contribution in [0.1, 0.15) is 32.6 Å². The van der Waals surface area contributed by atoms with Crippen molar-refractivity contribution in [2.45, 2.75) is 20.8 Å². The molecule has 0 unspecified atom stereocenters. The van der Waals surface area contributed by atoms with E-state index in [0.717, 1.165) is 16.7 Å². The average molecular weight is 282 g/mol. The minimum atomic E-state index is -0.520. The van der Waals surface area contributed by atoms with Crippen molar-refractivity contribution in [3.8, 4) is 0 Å². The average Bonchev–Trinajstić information content (AvgIpc) is 2.48. The molecule has 2 aromatic carbocycles. The van der Waals surface area contributed by atoms with Crippen LogP contribution in [0.2, 0.25) is 0 Å². The molecule has 0 saturated carbocycles. The van der Waals surface area contributed by atoms with Gasteiger partial charge in [0.2, 0.25) is 0 Å². The molecule has 0 amide bonds. The van der Waals surface area contributed by atoms with Crippen LogP contribution < -0.4 is 5.73 Å². The molecule has 0 radical (unpaired) electrons. The number of oxime groups is 1. The SMILES string of the molecule is Cc1ccc(/C(N)=N\OC(=O)c2ccc(C)c(C)c2)cc1. The third kappa shape index (κ3) is 3.69. The van der Waals surface area contributed by atoms with Crippen LogP contribution in [0, 0.1) is 20.8 Å². The molecule has 2 rings (SSSR count). The molecule has 0 aliphatic rings. The third-order valence-electron chi connectivity index (χ3n) is 3.32. The minimum Gasteiger partial charge on any atom is -0.380 e. The highest BCUT2D eigenvalue weighted by atomic mass is 16.7. The molecule has 2 aromatic rings. The maximum absolute atomic E-state index is 11.9. The predicted molar refractivity (Wildman–Crippen MR) is 83.2 cm³/mol. The molecule has 4 heteroatoms. The molecule has 0 aliphatic carbocycles. The lowest BCUT2D eigenvalue weighted by molar-refractivity contribution is 0.0516. The fourth-order valence-electron chi connectivity index (χ4n) is 1.79. The standard InChI is InChI=1S/C17H18N2O2/c1-11-4-7-14(8-5-11)16(18)19-21-17(20)15-9-6-12(2)13(3)10-15/h4-10H,1-3H3,(H2,18,19). The fraction of sp³-hybridized carbons (Fsp3) is 0.176. The van der Waals surface area contributed by atoms with Crippen molar-refractivity contribution < 1.29 is 9.63 Å². The summed E-state index contributed by atoms with van der Waals surface area (Å²) in [4.78, 5) is 16.8. The summed E-state index contributed by atoms with van der Waals surface area (Å²) in [5.41, 5.74) is 10.2. The van der Waals surface area contributed by atoms with Crippen molar-refractivity contribution in [2.75, 3.05) is 0 Å². The lowest BCUT2D eigenvalue weighted by atomic mass is 10.1. The first-order valence-electron chi connectivity index (χ1n) is 6.66. The highest BCUT2D eigenvalue weighted by Gasteiger charge is 2.09. The number of amidine groups is 1. The van der Waals surface area contributed by atoms with Crippen molar-refractivity contribution in [3.05, 3.63) is 70.3 Å². The molecule has 0 fully saturated rings. The van der Waals surface area contributed by atoms with Crippen LogP contribution in [0.15, 0.2) is 47.6 Å². The first-order chi connectivity index (χ1) is 9.97. The Hall–Kier alpha value is -2.62. The monoisotopic (exact) mass is 282 g/mol. The van der Waals surface area contributed by atoms with Gasteiger partial charge in [-0.3, -0.25) is 0 Å². The third-order valence-corrected chi connectivity index (χ3v) is 3.32. The van der Waals surface area contributed by atoms with E-state index >= 15 is 0 Å². The molecule has 0 aromatic heterocycles. The molecule has 0 aliphatic heterocycles. The summed E-state index contributed by atoms with van der Waals surface area (Å²) < 4.78 is 0. The highest BCUT2D eigenvalue weighted by Crippen LogP contribution is 2.11. The number of nitrogens with zero attached hydrogens (tertiary/aromatic N) is 1. The van der Waals surface area contributed by atoms with Crippen LogP contribution in [0.5, 0.6) is 0 Å². The quantitative estimate of drug-likeness (QED) is 0.407. The molecule has 0 atom stereocenters. The van der Waals surface area contributed by atoms with Crippen LogP contribution in [-0.4, -0.2) is 11.8 Å². The number of hydrogen-bond acceptors (Lipinski definition) is 3. The number of carbonyl (C=O) groups excluding carboxylic acids is 1. The van der Waals surface area contributed by atoms with E-state index in [-0.39, 0.29) is 5.84 Å².